The summed E-state index contributed by atoms with van der Waals surface area (Å²) in [5.41, 5.74) is 3.03. The standard InChI is InChI=1S/C15H20N2O2/c1-11-9-13(10-18)3-4-15(11)17-7-5-14(6-8-17)16-12(2)19/h3-4,9-10,14H,5-8H2,1-2H3,(H,16,19). The van der Waals surface area contributed by atoms with Crippen LogP contribution >= 0.6 is 0 Å². The molecule has 0 aliphatic carbocycles. The van der Waals surface area contributed by atoms with Gasteiger partial charge in [0.1, 0.15) is 6.29 Å². The molecule has 1 aliphatic rings. The minimum atomic E-state index is 0.0463. The van der Waals surface area contributed by atoms with Crippen molar-refractivity contribution in [3.63, 3.8) is 0 Å². The molecule has 0 aromatic heterocycles. The van der Waals surface area contributed by atoms with Crippen LogP contribution in [0.4, 0.5) is 5.69 Å². The van der Waals surface area contributed by atoms with Gasteiger partial charge in [0.05, 0.1) is 0 Å². The maximum atomic E-state index is 11.0. The molecule has 0 saturated carbocycles. The van der Waals surface area contributed by atoms with E-state index in [4.69, 9.17) is 0 Å². The first-order valence-electron chi connectivity index (χ1n) is 6.68. The minimum Gasteiger partial charge on any atom is -0.371 e. The Morgan fingerprint density at radius 2 is 2.05 bits per heavy atom. The molecule has 1 heterocycles. The Morgan fingerprint density at radius 1 is 1.37 bits per heavy atom. The van der Waals surface area contributed by atoms with Crippen molar-refractivity contribution in [2.24, 2.45) is 0 Å². The molecule has 0 radical (unpaired) electrons. The molecule has 2 rings (SSSR count). The van der Waals surface area contributed by atoms with E-state index in [1.165, 1.54) is 5.69 Å². The largest absolute Gasteiger partial charge is 0.371 e. The number of aldehydes is 1. The Balaban J connectivity index is 2.01. The van der Waals surface area contributed by atoms with Crippen LogP contribution in [-0.2, 0) is 4.79 Å². The van der Waals surface area contributed by atoms with E-state index in [0.29, 0.717) is 6.04 Å². The maximum Gasteiger partial charge on any atom is 0.217 e. The van der Waals surface area contributed by atoms with Crippen LogP contribution in [0.25, 0.3) is 0 Å². The van der Waals surface area contributed by atoms with Crippen LogP contribution in [0.1, 0.15) is 35.7 Å². The number of anilines is 1. The van der Waals surface area contributed by atoms with Crippen molar-refractivity contribution in [1.29, 1.82) is 0 Å². The monoisotopic (exact) mass is 260 g/mol. The Bertz CT molecular complexity index is 477. The zero-order valence-corrected chi connectivity index (χ0v) is 11.5. The van der Waals surface area contributed by atoms with Gasteiger partial charge in [-0.2, -0.15) is 0 Å². The molecule has 0 atom stereocenters. The Morgan fingerprint density at radius 3 is 2.58 bits per heavy atom. The van der Waals surface area contributed by atoms with Crippen molar-refractivity contribution in [3.8, 4) is 0 Å². The number of carbonyl (C=O) groups is 2. The lowest BCUT2D eigenvalue weighted by Gasteiger charge is -2.34. The summed E-state index contributed by atoms with van der Waals surface area (Å²) >= 11 is 0. The molecular weight excluding hydrogens is 240 g/mol. The molecule has 4 heteroatoms. The normalized spacial score (nSPS) is 16.2. The number of nitrogens with zero attached hydrogens (tertiary/aromatic N) is 1. The molecule has 1 N–H and O–H groups in total. The second-order valence-electron chi connectivity index (χ2n) is 5.13. The summed E-state index contributed by atoms with van der Waals surface area (Å²) in [6.07, 6.45) is 2.81. The van der Waals surface area contributed by atoms with Gasteiger partial charge in [0.25, 0.3) is 0 Å². The number of amides is 1. The predicted molar refractivity (Wildman–Crippen MR) is 75.6 cm³/mol. The Kier molecular flexibility index (Phi) is 4.20. The number of rotatable bonds is 3. The molecule has 1 aromatic carbocycles. The number of carbonyl (C=O) groups excluding carboxylic acids is 2. The van der Waals surface area contributed by atoms with Crippen molar-refractivity contribution in [2.45, 2.75) is 32.7 Å². The van der Waals surface area contributed by atoms with Crippen LogP contribution in [0.15, 0.2) is 18.2 Å². The molecule has 4 nitrogen and oxygen atoms in total. The van der Waals surface area contributed by atoms with Crippen LogP contribution in [0.5, 0.6) is 0 Å². The van der Waals surface area contributed by atoms with E-state index >= 15 is 0 Å². The molecular formula is C15H20N2O2. The van der Waals surface area contributed by atoms with Gasteiger partial charge in [-0.15, -0.1) is 0 Å². The highest BCUT2D eigenvalue weighted by molar-refractivity contribution is 5.77. The summed E-state index contributed by atoms with van der Waals surface area (Å²) in [4.78, 5) is 24.1. The second-order valence-corrected chi connectivity index (χ2v) is 5.13. The SMILES string of the molecule is CC(=O)NC1CCN(c2ccc(C=O)cc2C)CC1. The summed E-state index contributed by atoms with van der Waals surface area (Å²) in [5.74, 6) is 0.0463. The van der Waals surface area contributed by atoms with Crippen LogP contribution in [0, 0.1) is 6.92 Å². The first kappa shape index (κ1) is 13.6. The van der Waals surface area contributed by atoms with Gasteiger partial charge >= 0.3 is 0 Å². The fourth-order valence-electron chi connectivity index (χ4n) is 2.66. The first-order valence-corrected chi connectivity index (χ1v) is 6.68. The van der Waals surface area contributed by atoms with E-state index in [1.54, 1.807) is 6.92 Å². The van der Waals surface area contributed by atoms with E-state index in [-0.39, 0.29) is 5.91 Å². The summed E-state index contributed by atoms with van der Waals surface area (Å²) in [7, 11) is 0. The van der Waals surface area contributed by atoms with E-state index in [1.807, 2.05) is 25.1 Å². The lowest BCUT2D eigenvalue weighted by atomic mass is 10.0. The highest BCUT2D eigenvalue weighted by Gasteiger charge is 2.20. The van der Waals surface area contributed by atoms with Gasteiger partial charge in [-0.25, -0.2) is 0 Å². The Labute approximate surface area is 113 Å². The molecule has 0 unspecified atom stereocenters. The third kappa shape index (κ3) is 3.34. The van der Waals surface area contributed by atoms with Gasteiger partial charge < -0.3 is 10.2 Å². The van der Waals surface area contributed by atoms with Crippen molar-refractivity contribution >= 4 is 17.9 Å². The number of benzene rings is 1. The number of aryl methyl sites for hydroxylation is 1. The number of nitrogens with one attached hydrogen (secondary N) is 1. The average molecular weight is 260 g/mol. The quantitative estimate of drug-likeness (QED) is 0.845. The number of piperidine rings is 1. The third-order valence-electron chi connectivity index (χ3n) is 3.60. The Hall–Kier alpha value is -1.84. The number of hydrogen-bond acceptors (Lipinski definition) is 3. The highest BCUT2D eigenvalue weighted by atomic mass is 16.1. The molecule has 1 amide bonds. The maximum absolute atomic E-state index is 11.0. The predicted octanol–water partition coefficient (Wildman–Crippen LogP) is 1.91. The molecule has 102 valence electrons. The van der Waals surface area contributed by atoms with Crippen molar-refractivity contribution < 1.29 is 9.59 Å². The number of hydrogen-bond donors (Lipinski definition) is 1. The van der Waals surface area contributed by atoms with Crippen molar-refractivity contribution in [1.82, 2.24) is 5.32 Å². The van der Waals surface area contributed by atoms with Gasteiger partial charge in [-0.1, -0.05) is 0 Å². The topological polar surface area (TPSA) is 49.4 Å². The summed E-state index contributed by atoms with van der Waals surface area (Å²) in [6.45, 7) is 5.47. The lowest BCUT2D eigenvalue weighted by molar-refractivity contribution is -0.119. The van der Waals surface area contributed by atoms with E-state index in [2.05, 4.69) is 10.2 Å². The lowest BCUT2D eigenvalue weighted by Crippen LogP contribution is -2.44. The summed E-state index contributed by atoms with van der Waals surface area (Å²) in [5, 5.41) is 2.97. The molecule has 0 bridgehead atoms. The van der Waals surface area contributed by atoms with Crippen LogP contribution < -0.4 is 10.2 Å². The minimum absolute atomic E-state index is 0.0463. The molecule has 1 aliphatic heterocycles. The smallest absolute Gasteiger partial charge is 0.217 e. The van der Waals surface area contributed by atoms with Gasteiger partial charge in [0.2, 0.25) is 5.91 Å². The van der Waals surface area contributed by atoms with E-state index in [9.17, 15) is 9.59 Å². The molecule has 19 heavy (non-hydrogen) atoms. The molecule has 1 aromatic rings. The molecule has 0 spiro atoms. The third-order valence-corrected chi connectivity index (χ3v) is 3.60. The van der Waals surface area contributed by atoms with Gasteiger partial charge in [0.15, 0.2) is 0 Å². The fraction of sp³-hybridized carbons (Fsp3) is 0.467. The fourth-order valence-corrected chi connectivity index (χ4v) is 2.66. The van der Waals surface area contributed by atoms with E-state index < -0.39 is 0 Å². The van der Waals surface area contributed by atoms with Crippen LogP contribution in [-0.4, -0.2) is 31.3 Å². The first-order chi connectivity index (χ1) is 9.10. The summed E-state index contributed by atoms with van der Waals surface area (Å²) < 4.78 is 0. The van der Waals surface area contributed by atoms with Crippen molar-refractivity contribution in [2.75, 3.05) is 18.0 Å². The summed E-state index contributed by atoms with van der Waals surface area (Å²) in [6, 6.07) is 6.08. The van der Waals surface area contributed by atoms with Crippen molar-refractivity contribution in [3.05, 3.63) is 29.3 Å². The van der Waals surface area contributed by atoms with Crippen LogP contribution in [0.2, 0.25) is 0 Å². The highest BCUT2D eigenvalue weighted by Crippen LogP contribution is 2.24. The van der Waals surface area contributed by atoms with Crippen LogP contribution in [0.3, 0.4) is 0 Å². The van der Waals surface area contributed by atoms with Gasteiger partial charge in [-0.05, 0) is 43.5 Å². The zero-order chi connectivity index (χ0) is 13.8. The molecule has 1 saturated heterocycles. The van der Waals surface area contributed by atoms with Gasteiger partial charge in [-0.3, -0.25) is 9.59 Å². The average Bonchev–Trinajstić information content (AvgIpc) is 2.39. The molecule has 1 fully saturated rings. The van der Waals surface area contributed by atoms with Gasteiger partial charge in [0, 0.05) is 37.3 Å². The second kappa shape index (κ2) is 5.87. The zero-order valence-electron chi connectivity index (χ0n) is 11.5. The van der Waals surface area contributed by atoms with E-state index in [0.717, 1.165) is 43.3 Å².